The maximum absolute atomic E-state index is 12.2. The van der Waals surface area contributed by atoms with Crippen molar-refractivity contribution in [3.8, 4) is 0 Å². The molecule has 1 N–H and O–H groups in total. The molecule has 0 amide bonds. The summed E-state index contributed by atoms with van der Waals surface area (Å²) in [4.78, 5) is 25.9. The van der Waals surface area contributed by atoms with E-state index in [9.17, 15) is 9.59 Å². The second-order valence-electron chi connectivity index (χ2n) is 7.64. The van der Waals surface area contributed by atoms with Crippen LogP contribution in [0.1, 0.15) is 23.8 Å². The first-order chi connectivity index (χ1) is 15.2. The van der Waals surface area contributed by atoms with Gasteiger partial charge in [-0.3, -0.25) is 14.3 Å². The molecule has 2 heterocycles. The molecule has 2 aromatic carbocycles. The number of rotatable bonds is 9. The number of hydrogen-bond donors (Lipinski definition) is 1. The van der Waals surface area contributed by atoms with Crippen LogP contribution < -0.4 is 11.2 Å². The molecule has 1 aromatic heterocycles. The quantitative estimate of drug-likeness (QED) is 0.573. The van der Waals surface area contributed by atoms with E-state index >= 15 is 0 Å². The van der Waals surface area contributed by atoms with Crippen molar-refractivity contribution >= 4 is 0 Å². The van der Waals surface area contributed by atoms with Gasteiger partial charge < -0.3 is 14.2 Å². The topological polar surface area (TPSA) is 82.5 Å². The minimum absolute atomic E-state index is 0.0586. The maximum Gasteiger partial charge on any atom is 0.330 e. The van der Waals surface area contributed by atoms with Gasteiger partial charge in [0.1, 0.15) is 6.23 Å². The van der Waals surface area contributed by atoms with Gasteiger partial charge in [0.15, 0.2) is 0 Å². The second-order valence-corrected chi connectivity index (χ2v) is 7.64. The number of nitrogens with zero attached hydrogens (tertiary/aromatic N) is 1. The summed E-state index contributed by atoms with van der Waals surface area (Å²) in [5.74, 6) is 0.0586. The van der Waals surface area contributed by atoms with E-state index in [1.807, 2.05) is 60.7 Å². The maximum atomic E-state index is 12.2. The molecule has 0 radical (unpaired) electrons. The monoisotopic (exact) mass is 422 g/mol. The Hall–Kier alpha value is -3.00. The summed E-state index contributed by atoms with van der Waals surface area (Å²) in [7, 11) is 0. The van der Waals surface area contributed by atoms with Gasteiger partial charge >= 0.3 is 5.69 Å². The van der Waals surface area contributed by atoms with Gasteiger partial charge in [-0.05, 0) is 11.1 Å². The Kier molecular flexibility index (Phi) is 7.09. The lowest BCUT2D eigenvalue weighted by molar-refractivity contribution is -0.0623. The predicted octanol–water partition coefficient (Wildman–Crippen LogP) is 2.87. The van der Waals surface area contributed by atoms with Crippen molar-refractivity contribution in [3.63, 3.8) is 0 Å². The Morgan fingerprint density at radius 1 is 0.871 bits per heavy atom. The van der Waals surface area contributed by atoms with Gasteiger partial charge in [0, 0.05) is 24.6 Å². The van der Waals surface area contributed by atoms with E-state index in [0.29, 0.717) is 32.8 Å². The summed E-state index contributed by atoms with van der Waals surface area (Å²) in [5.41, 5.74) is 1.29. The highest BCUT2D eigenvalue weighted by Crippen LogP contribution is 2.33. The van der Waals surface area contributed by atoms with E-state index in [2.05, 4.69) is 4.98 Å². The van der Waals surface area contributed by atoms with Crippen molar-refractivity contribution in [3.05, 3.63) is 105 Å². The van der Waals surface area contributed by atoms with Crippen LogP contribution in [0.5, 0.6) is 0 Å². The Labute approximate surface area is 180 Å². The van der Waals surface area contributed by atoms with E-state index in [0.717, 1.165) is 11.1 Å². The molecule has 31 heavy (non-hydrogen) atoms. The van der Waals surface area contributed by atoms with Crippen LogP contribution in [0, 0.1) is 5.92 Å². The van der Waals surface area contributed by atoms with Gasteiger partial charge in [-0.15, -0.1) is 0 Å². The minimum atomic E-state index is -0.479. The number of aromatic nitrogens is 2. The van der Waals surface area contributed by atoms with Crippen LogP contribution in [0.3, 0.4) is 0 Å². The van der Waals surface area contributed by atoms with Crippen LogP contribution in [0.2, 0.25) is 0 Å². The third kappa shape index (κ3) is 5.79. The van der Waals surface area contributed by atoms with Gasteiger partial charge in [0.05, 0.1) is 32.5 Å². The molecule has 0 aliphatic carbocycles. The van der Waals surface area contributed by atoms with E-state index in [4.69, 9.17) is 14.2 Å². The first kappa shape index (κ1) is 21.2. The van der Waals surface area contributed by atoms with Gasteiger partial charge in [-0.2, -0.15) is 0 Å². The molecule has 1 fully saturated rings. The van der Waals surface area contributed by atoms with Crippen LogP contribution in [0.4, 0.5) is 0 Å². The molecule has 162 valence electrons. The molecule has 0 unspecified atom stereocenters. The van der Waals surface area contributed by atoms with E-state index in [1.54, 1.807) is 0 Å². The summed E-state index contributed by atoms with van der Waals surface area (Å²) in [6.45, 7) is 1.88. The van der Waals surface area contributed by atoms with Crippen molar-refractivity contribution in [2.45, 2.75) is 32.0 Å². The highest BCUT2D eigenvalue weighted by atomic mass is 16.6. The molecular weight excluding hydrogens is 396 g/mol. The Morgan fingerprint density at radius 3 is 2.10 bits per heavy atom. The molecule has 3 atom stereocenters. The van der Waals surface area contributed by atoms with Gasteiger partial charge in [-0.1, -0.05) is 60.7 Å². The van der Waals surface area contributed by atoms with Crippen LogP contribution in [-0.2, 0) is 27.4 Å². The molecule has 4 rings (SSSR count). The first-order valence-electron chi connectivity index (χ1n) is 10.4. The summed E-state index contributed by atoms with van der Waals surface area (Å²) in [6, 6.07) is 21.3. The molecule has 0 bridgehead atoms. The van der Waals surface area contributed by atoms with Crippen LogP contribution in [0.15, 0.2) is 82.5 Å². The van der Waals surface area contributed by atoms with E-state index in [1.165, 1.54) is 16.8 Å². The molecule has 7 heteroatoms. The number of ether oxygens (including phenoxy) is 3. The minimum Gasteiger partial charge on any atom is -0.376 e. The number of H-pyrrole nitrogens is 1. The summed E-state index contributed by atoms with van der Waals surface area (Å²) < 4.78 is 19.4. The standard InChI is InChI=1S/C24H26N2O5/c27-22-11-12-26(24(28)25-22)23-13-20(16-29-14-18-7-3-1-4-8-18)21(31-23)17-30-15-19-9-5-2-6-10-19/h1-12,20-21,23H,13-17H2,(H,25,27,28)/t20-,21+,23+/m0/s1. The molecule has 3 aromatic rings. The molecule has 1 aliphatic rings. The highest BCUT2D eigenvalue weighted by Gasteiger charge is 2.37. The Morgan fingerprint density at radius 2 is 1.48 bits per heavy atom. The first-order valence-corrected chi connectivity index (χ1v) is 10.4. The molecule has 0 spiro atoms. The molecule has 1 saturated heterocycles. The Balaban J connectivity index is 1.39. The number of hydrogen-bond acceptors (Lipinski definition) is 5. The second kappa shape index (κ2) is 10.3. The normalized spacial score (nSPS) is 20.7. The fourth-order valence-corrected chi connectivity index (χ4v) is 3.73. The molecular formula is C24H26N2O5. The fraction of sp³-hybridized carbons (Fsp3) is 0.333. The predicted molar refractivity (Wildman–Crippen MR) is 116 cm³/mol. The van der Waals surface area contributed by atoms with Crippen molar-refractivity contribution in [1.29, 1.82) is 0 Å². The third-order valence-corrected chi connectivity index (χ3v) is 5.36. The zero-order valence-electron chi connectivity index (χ0n) is 17.2. The molecule has 0 saturated carbocycles. The lowest BCUT2D eigenvalue weighted by atomic mass is 10.0. The van der Waals surface area contributed by atoms with Crippen molar-refractivity contribution in [1.82, 2.24) is 9.55 Å². The highest BCUT2D eigenvalue weighted by molar-refractivity contribution is 5.14. The van der Waals surface area contributed by atoms with Crippen LogP contribution in [-0.4, -0.2) is 28.9 Å². The zero-order chi connectivity index (χ0) is 21.5. The Bertz CT molecular complexity index is 1010. The van der Waals surface area contributed by atoms with Crippen molar-refractivity contribution in [2.24, 2.45) is 5.92 Å². The summed E-state index contributed by atoms with van der Waals surface area (Å²) >= 11 is 0. The molecule has 7 nitrogen and oxygen atoms in total. The van der Waals surface area contributed by atoms with Gasteiger partial charge in [0.25, 0.3) is 5.56 Å². The molecule has 1 aliphatic heterocycles. The average molecular weight is 422 g/mol. The fourth-order valence-electron chi connectivity index (χ4n) is 3.73. The zero-order valence-corrected chi connectivity index (χ0v) is 17.2. The van der Waals surface area contributed by atoms with E-state index in [-0.39, 0.29) is 12.0 Å². The van der Waals surface area contributed by atoms with Gasteiger partial charge in [0.2, 0.25) is 0 Å². The SMILES string of the molecule is O=c1ccn([C@H]2C[C@@H](COCc3ccccc3)[C@@H](COCc3ccccc3)O2)c(=O)[nH]1. The number of aromatic amines is 1. The average Bonchev–Trinajstić information content (AvgIpc) is 3.18. The smallest absolute Gasteiger partial charge is 0.330 e. The van der Waals surface area contributed by atoms with Gasteiger partial charge in [-0.25, -0.2) is 4.79 Å². The lowest BCUT2D eigenvalue weighted by Gasteiger charge is -2.19. The largest absolute Gasteiger partial charge is 0.376 e. The number of nitrogens with one attached hydrogen (secondary N) is 1. The van der Waals surface area contributed by atoms with Crippen LogP contribution >= 0.6 is 0 Å². The van der Waals surface area contributed by atoms with Crippen LogP contribution in [0.25, 0.3) is 0 Å². The number of benzene rings is 2. The van der Waals surface area contributed by atoms with Crippen molar-refractivity contribution < 1.29 is 14.2 Å². The summed E-state index contributed by atoms with van der Waals surface area (Å²) in [5, 5.41) is 0. The van der Waals surface area contributed by atoms with Crippen molar-refractivity contribution in [2.75, 3.05) is 13.2 Å². The van der Waals surface area contributed by atoms with E-state index < -0.39 is 17.5 Å². The third-order valence-electron chi connectivity index (χ3n) is 5.36. The lowest BCUT2D eigenvalue weighted by Crippen LogP contribution is -2.31. The summed E-state index contributed by atoms with van der Waals surface area (Å²) in [6.07, 6.45) is 1.38.